The second-order valence-corrected chi connectivity index (χ2v) is 4.36. The second kappa shape index (κ2) is 3.75. The van der Waals surface area contributed by atoms with Gasteiger partial charge >= 0.3 is 0 Å². The molecule has 0 saturated heterocycles. The molecule has 1 atom stereocenters. The van der Waals surface area contributed by atoms with Crippen LogP contribution in [0.3, 0.4) is 0 Å². The lowest BCUT2D eigenvalue weighted by molar-refractivity contribution is 0.704. The number of fused-ring (bicyclic) bond motifs is 1. The first-order chi connectivity index (χ1) is 6.72. The van der Waals surface area contributed by atoms with Crippen LogP contribution in [0.15, 0.2) is 28.9 Å². The number of aromatic amines is 1. The summed E-state index contributed by atoms with van der Waals surface area (Å²) in [7, 11) is 0. The van der Waals surface area contributed by atoms with Crippen LogP contribution in [0.4, 0.5) is 0 Å². The minimum absolute atomic E-state index is 0.130. The molecule has 0 amide bonds. The minimum atomic E-state index is 0.130. The van der Waals surface area contributed by atoms with E-state index in [0.29, 0.717) is 0 Å². The number of aromatic nitrogens is 1. The molecule has 0 aliphatic heterocycles. The quantitative estimate of drug-likeness (QED) is 0.846. The van der Waals surface area contributed by atoms with Gasteiger partial charge < -0.3 is 10.7 Å². The molecule has 2 aromatic rings. The van der Waals surface area contributed by atoms with Gasteiger partial charge in [0.25, 0.3) is 0 Å². The van der Waals surface area contributed by atoms with Gasteiger partial charge in [0.2, 0.25) is 0 Å². The average Bonchev–Trinajstić information content (AvgIpc) is 2.59. The molecular weight excluding hydrogens is 240 g/mol. The van der Waals surface area contributed by atoms with Gasteiger partial charge in [0.15, 0.2) is 0 Å². The topological polar surface area (TPSA) is 41.8 Å². The fourth-order valence-electron chi connectivity index (χ4n) is 1.65. The largest absolute Gasteiger partial charge is 0.361 e. The van der Waals surface area contributed by atoms with Crippen molar-refractivity contribution < 1.29 is 0 Å². The minimum Gasteiger partial charge on any atom is -0.361 e. The van der Waals surface area contributed by atoms with Crippen molar-refractivity contribution in [1.82, 2.24) is 4.98 Å². The van der Waals surface area contributed by atoms with Gasteiger partial charge in [-0.15, -0.1) is 0 Å². The number of H-pyrrole nitrogens is 1. The van der Waals surface area contributed by atoms with Crippen LogP contribution in [0.25, 0.3) is 10.9 Å². The van der Waals surface area contributed by atoms with Crippen LogP contribution in [-0.4, -0.2) is 4.98 Å². The van der Waals surface area contributed by atoms with Gasteiger partial charge in [-0.2, -0.15) is 0 Å². The fourth-order valence-corrected chi connectivity index (χ4v) is 2.01. The van der Waals surface area contributed by atoms with Gasteiger partial charge in [0.05, 0.1) is 0 Å². The third-order valence-electron chi connectivity index (χ3n) is 2.52. The predicted molar refractivity (Wildman–Crippen MR) is 63.2 cm³/mol. The smallest absolute Gasteiger partial charge is 0.0468 e. The molecule has 2 nitrogen and oxygen atoms in total. The van der Waals surface area contributed by atoms with E-state index >= 15 is 0 Å². The highest BCUT2D eigenvalue weighted by Gasteiger charge is 2.09. The Morgan fingerprint density at radius 3 is 3.00 bits per heavy atom. The number of hydrogen-bond donors (Lipinski definition) is 2. The number of rotatable bonds is 2. The molecule has 0 aliphatic carbocycles. The number of nitrogens with two attached hydrogens (primary N) is 1. The van der Waals surface area contributed by atoms with Gasteiger partial charge in [-0.3, -0.25) is 0 Å². The lowest BCUT2D eigenvalue weighted by Crippen LogP contribution is -2.07. The molecule has 0 spiro atoms. The summed E-state index contributed by atoms with van der Waals surface area (Å²) in [4.78, 5) is 3.23. The van der Waals surface area contributed by atoms with Crippen molar-refractivity contribution in [2.75, 3.05) is 0 Å². The molecule has 14 heavy (non-hydrogen) atoms. The van der Waals surface area contributed by atoms with Crippen molar-refractivity contribution in [3.05, 3.63) is 34.4 Å². The van der Waals surface area contributed by atoms with E-state index in [1.165, 1.54) is 10.9 Å². The fraction of sp³-hybridized carbons (Fsp3) is 0.273. The van der Waals surface area contributed by atoms with Crippen LogP contribution in [0.5, 0.6) is 0 Å². The molecule has 74 valence electrons. The summed E-state index contributed by atoms with van der Waals surface area (Å²) in [5, 5.41) is 1.22. The van der Waals surface area contributed by atoms with Crippen LogP contribution in [-0.2, 0) is 0 Å². The van der Waals surface area contributed by atoms with Crippen molar-refractivity contribution in [3.63, 3.8) is 0 Å². The van der Waals surface area contributed by atoms with E-state index in [2.05, 4.69) is 40.0 Å². The Morgan fingerprint density at radius 1 is 1.50 bits per heavy atom. The van der Waals surface area contributed by atoms with Crippen molar-refractivity contribution in [2.24, 2.45) is 5.73 Å². The van der Waals surface area contributed by atoms with Gasteiger partial charge in [0, 0.05) is 27.6 Å². The molecule has 0 unspecified atom stereocenters. The normalized spacial score (nSPS) is 13.4. The summed E-state index contributed by atoms with van der Waals surface area (Å²) in [6.07, 6.45) is 2.97. The molecule has 2 rings (SSSR count). The predicted octanol–water partition coefficient (Wildman–Crippen LogP) is 3.34. The average molecular weight is 253 g/mol. The molecule has 1 aromatic carbocycles. The summed E-state index contributed by atoms with van der Waals surface area (Å²) in [6.45, 7) is 2.10. The Bertz CT molecular complexity index is 447. The Kier molecular flexibility index (Phi) is 2.61. The second-order valence-electron chi connectivity index (χ2n) is 3.45. The summed E-state index contributed by atoms with van der Waals surface area (Å²) in [5.74, 6) is 0. The maximum atomic E-state index is 6.01. The van der Waals surface area contributed by atoms with Crippen molar-refractivity contribution >= 4 is 26.8 Å². The van der Waals surface area contributed by atoms with Crippen LogP contribution < -0.4 is 5.73 Å². The highest BCUT2D eigenvalue weighted by molar-refractivity contribution is 9.10. The molecular formula is C11H13BrN2. The summed E-state index contributed by atoms with van der Waals surface area (Å²) >= 11 is 3.44. The summed E-state index contributed by atoms with van der Waals surface area (Å²) < 4.78 is 1.09. The van der Waals surface area contributed by atoms with Gasteiger partial charge in [0.1, 0.15) is 0 Å². The van der Waals surface area contributed by atoms with Crippen LogP contribution in [0.1, 0.15) is 24.9 Å². The Labute approximate surface area is 91.6 Å². The standard InChI is InChI=1S/C11H13BrN2/c1-2-10(13)9-6-14-11-5-7(12)3-4-8(9)11/h3-6,10,14H,2,13H2,1H3/t10-/m1/s1. The van der Waals surface area contributed by atoms with Crippen molar-refractivity contribution in [3.8, 4) is 0 Å². The number of benzene rings is 1. The molecule has 1 aromatic heterocycles. The maximum absolute atomic E-state index is 6.01. The lowest BCUT2D eigenvalue weighted by atomic mass is 10.0. The first-order valence-corrected chi connectivity index (χ1v) is 5.53. The first kappa shape index (κ1) is 9.74. The summed E-state index contributed by atoms with van der Waals surface area (Å²) in [6, 6.07) is 6.34. The highest BCUT2D eigenvalue weighted by atomic mass is 79.9. The van der Waals surface area contributed by atoms with Gasteiger partial charge in [-0.05, 0) is 24.1 Å². The van der Waals surface area contributed by atoms with E-state index in [0.717, 1.165) is 16.4 Å². The summed E-state index contributed by atoms with van der Waals surface area (Å²) in [5.41, 5.74) is 8.35. The molecule has 0 radical (unpaired) electrons. The third kappa shape index (κ3) is 1.57. The molecule has 0 aliphatic rings. The van der Waals surface area contributed by atoms with E-state index in [1.54, 1.807) is 0 Å². The monoisotopic (exact) mass is 252 g/mol. The highest BCUT2D eigenvalue weighted by Crippen LogP contribution is 2.26. The molecule has 0 saturated carbocycles. The third-order valence-corrected chi connectivity index (χ3v) is 3.01. The van der Waals surface area contributed by atoms with E-state index < -0.39 is 0 Å². The van der Waals surface area contributed by atoms with E-state index in [9.17, 15) is 0 Å². The van der Waals surface area contributed by atoms with E-state index in [-0.39, 0.29) is 6.04 Å². The SMILES string of the molecule is CC[C@@H](N)c1c[nH]c2cc(Br)ccc12. The molecule has 0 bridgehead atoms. The first-order valence-electron chi connectivity index (χ1n) is 4.74. The zero-order chi connectivity index (χ0) is 10.1. The Hall–Kier alpha value is -0.800. The molecule has 1 heterocycles. The Balaban J connectivity index is 2.58. The van der Waals surface area contributed by atoms with E-state index in [4.69, 9.17) is 5.73 Å². The zero-order valence-electron chi connectivity index (χ0n) is 8.05. The molecule has 0 fully saturated rings. The van der Waals surface area contributed by atoms with Gasteiger partial charge in [-0.25, -0.2) is 0 Å². The van der Waals surface area contributed by atoms with E-state index in [1.807, 2.05) is 12.3 Å². The van der Waals surface area contributed by atoms with Crippen molar-refractivity contribution in [1.29, 1.82) is 0 Å². The molecule has 3 heteroatoms. The van der Waals surface area contributed by atoms with Gasteiger partial charge in [-0.1, -0.05) is 28.9 Å². The maximum Gasteiger partial charge on any atom is 0.0468 e. The number of hydrogen-bond acceptors (Lipinski definition) is 1. The Morgan fingerprint density at radius 2 is 2.29 bits per heavy atom. The van der Waals surface area contributed by atoms with Crippen LogP contribution in [0.2, 0.25) is 0 Å². The van der Waals surface area contributed by atoms with Crippen LogP contribution >= 0.6 is 15.9 Å². The number of halogens is 1. The number of nitrogens with one attached hydrogen (secondary N) is 1. The van der Waals surface area contributed by atoms with Crippen LogP contribution in [0, 0.1) is 0 Å². The molecule has 3 N–H and O–H groups in total. The zero-order valence-corrected chi connectivity index (χ0v) is 9.64. The van der Waals surface area contributed by atoms with Crippen molar-refractivity contribution in [2.45, 2.75) is 19.4 Å². The lowest BCUT2D eigenvalue weighted by Gasteiger charge is -2.06.